The van der Waals surface area contributed by atoms with Gasteiger partial charge >= 0.3 is 6.80 Å². The monoisotopic (exact) mass is 160 g/mol. The second-order valence-corrected chi connectivity index (χ2v) is 6.41. The van der Waals surface area contributed by atoms with Crippen molar-refractivity contribution in [2.75, 3.05) is 6.26 Å². The van der Waals surface area contributed by atoms with Gasteiger partial charge in [-0.3, -0.25) is 0 Å². The van der Waals surface area contributed by atoms with Gasteiger partial charge in [0.05, 0.1) is 0 Å². The van der Waals surface area contributed by atoms with Gasteiger partial charge in [-0.1, -0.05) is 10.8 Å². The maximum Gasteiger partial charge on any atom is 0.394 e. The minimum absolute atomic E-state index is 0.572. The Labute approximate surface area is 49.2 Å². The Bertz CT molecular complexity index is 86.9. The largest absolute Gasteiger partial charge is 0.394 e. The number of hydrogen-bond donors (Lipinski definition) is 2. The fraction of sp³-hybridized carbons (Fsp3) is 1.00. The molecule has 2 N–H and O–H groups in total. The van der Waals surface area contributed by atoms with Gasteiger partial charge in [-0.15, -0.1) is 0 Å². The molecule has 0 atom stereocenters. The second-order valence-electron chi connectivity index (χ2n) is 0.732. The molecule has 0 bridgehead atoms. The Hall–Kier alpha value is 0.850. The van der Waals surface area contributed by atoms with Gasteiger partial charge in [-0.05, 0) is 6.26 Å². The predicted molar refractivity (Wildman–Crippen MR) is 33.2 cm³/mol. The van der Waals surface area contributed by atoms with Gasteiger partial charge in [-0.25, -0.2) is 4.57 Å². The molecule has 3 nitrogen and oxygen atoms in total. The van der Waals surface area contributed by atoms with Crippen LogP contribution in [0.25, 0.3) is 0 Å². The summed E-state index contributed by atoms with van der Waals surface area (Å²) < 4.78 is 9.87. The molecule has 0 unspecified atom stereocenters. The first-order chi connectivity index (χ1) is 3.06. The molecule has 6 heteroatoms. The van der Waals surface area contributed by atoms with Crippen molar-refractivity contribution in [2.45, 2.75) is 0 Å². The van der Waals surface area contributed by atoms with Crippen LogP contribution in [0.3, 0.4) is 0 Å². The highest BCUT2D eigenvalue weighted by molar-refractivity contribution is 8.98. The van der Waals surface area contributed by atoms with Crippen molar-refractivity contribution in [3.05, 3.63) is 0 Å². The Morgan fingerprint density at radius 1 is 1.57 bits per heavy atom. The molecule has 44 valence electrons. The van der Waals surface area contributed by atoms with Gasteiger partial charge in [0, 0.05) is 10.4 Å². The number of hydrogen-bond acceptors (Lipinski definition) is 3. The van der Waals surface area contributed by atoms with Crippen LogP contribution in [-0.2, 0) is 4.57 Å². The highest BCUT2D eigenvalue weighted by Crippen LogP contribution is 2.55. The smallest absolute Gasteiger partial charge is 0.316 e. The molecule has 0 saturated heterocycles. The van der Waals surface area contributed by atoms with E-state index in [0.29, 0.717) is 10.4 Å². The maximum absolute atomic E-state index is 9.87. The van der Waals surface area contributed by atoms with Crippen molar-refractivity contribution in [3.63, 3.8) is 0 Å². The van der Waals surface area contributed by atoms with Crippen LogP contribution < -0.4 is 0 Å². The van der Waals surface area contributed by atoms with Crippen molar-refractivity contribution in [3.8, 4) is 0 Å². The van der Waals surface area contributed by atoms with Crippen molar-refractivity contribution in [1.82, 2.24) is 0 Å². The summed E-state index contributed by atoms with van der Waals surface area (Å²) >= 11 is 0. The standard InChI is InChI=1S/CH5O3PS2/c1-6-7-5(2,3)4/h1H3,(H2,2,3,4). The third kappa shape index (κ3) is 6.85. The zero-order chi connectivity index (χ0) is 5.91. The van der Waals surface area contributed by atoms with Crippen LogP contribution in [0.15, 0.2) is 0 Å². The molecule has 0 amide bonds. The van der Waals surface area contributed by atoms with E-state index in [1.54, 1.807) is 6.26 Å². The molecule has 0 aromatic heterocycles. The van der Waals surface area contributed by atoms with E-state index in [0.717, 1.165) is 10.8 Å². The van der Waals surface area contributed by atoms with Gasteiger partial charge in [0.15, 0.2) is 0 Å². The molecule has 0 fully saturated rings. The highest BCUT2D eigenvalue weighted by Gasteiger charge is 2.11. The summed E-state index contributed by atoms with van der Waals surface area (Å²) in [5.74, 6) is 0. The molecular weight excluding hydrogens is 155 g/mol. The SMILES string of the molecule is CSSP(=O)(O)O. The van der Waals surface area contributed by atoms with Crippen LogP contribution in [0.5, 0.6) is 0 Å². The van der Waals surface area contributed by atoms with E-state index < -0.39 is 6.80 Å². The van der Waals surface area contributed by atoms with Gasteiger partial charge in [0.1, 0.15) is 0 Å². The van der Waals surface area contributed by atoms with Gasteiger partial charge < -0.3 is 9.79 Å². The van der Waals surface area contributed by atoms with Crippen LogP contribution in [0.1, 0.15) is 0 Å². The molecule has 0 saturated carbocycles. The minimum Gasteiger partial charge on any atom is -0.316 e. The van der Waals surface area contributed by atoms with Crippen LogP contribution in [0.4, 0.5) is 0 Å². The molecule has 0 spiro atoms. The molecule has 0 aliphatic carbocycles. The molecule has 7 heavy (non-hydrogen) atoms. The lowest BCUT2D eigenvalue weighted by molar-refractivity contribution is 0.397. The van der Waals surface area contributed by atoms with Crippen molar-refractivity contribution >= 4 is 28.0 Å². The molecular formula is CH5O3PS2. The first-order valence-corrected chi connectivity index (χ1v) is 6.12. The fourth-order valence-electron chi connectivity index (χ4n) is 0.0971. The summed E-state index contributed by atoms with van der Waals surface area (Å²) in [5.41, 5.74) is 0. The third-order valence-corrected chi connectivity index (χ3v) is 4.63. The predicted octanol–water partition coefficient (Wildman–Crippen LogP) is 1.09. The second kappa shape index (κ2) is 2.99. The Balaban J connectivity index is 3.36. The van der Waals surface area contributed by atoms with Crippen LogP contribution in [0.2, 0.25) is 0 Å². The van der Waals surface area contributed by atoms with Gasteiger partial charge in [0.25, 0.3) is 0 Å². The molecule has 0 rings (SSSR count). The first kappa shape index (κ1) is 7.85. The van der Waals surface area contributed by atoms with Crippen molar-refractivity contribution in [2.24, 2.45) is 0 Å². The average molecular weight is 160 g/mol. The van der Waals surface area contributed by atoms with E-state index in [4.69, 9.17) is 9.79 Å². The quantitative estimate of drug-likeness (QED) is 0.467. The van der Waals surface area contributed by atoms with Gasteiger partial charge in [0.2, 0.25) is 0 Å². The molecule has 0 aliphatic heterocycles. The van der Waals surface area contributed by atoms with E-state index in [-0.39, 0.29) is 0 Å². The third-order valence-electron chi connectivity index (χ3n) is 0.172. The molecule has 0 radical (unpaired) electrons. The van der Waals surface area contributed by atoms with E-state index >= 15 is 0 Å². The zero-order valence-electron chi connectivity index (χ0n) is 3.57. The molecule has 0 heterocycles. The average Bonchev–Trinajstić information content (AvgIpc) is 1.30. The molecule has 0 aromatic carbocycles. The minimum atomic E-state index is -3.79. The zero-order valence-corrected chi connectivity index (χ0v) is 6.09. The van der Waals surface area contributed by atoms with Crippen LogP contribution in [0, 0.1) is 0 Å². The lowest BCUT2D eigenvalue weighted by atomic mass is 12.0. The Kier molecular flexibility index (Phi) is 3.36. The lowest BCUT2D eigenvalue weighted by Crippen LogP contribution is -1.61. The first-order valence-electron chi connectivity index (χ1n) is 1.34. The maximum atomic E-state index is 9.87. The van der Waals surface area contributed by atoms with Gasteiger partial charge in [-0.2, -0.15) is 0 Å². The van der Waals surface area contributed by atoms with Crippen molar-refractivity contribution < 1.29 is 14.4 Å². The number of rotatable bonds is 2. The summed E-state index contributed by atoms with van der Waals surface area (Å²) in [7, 11) is 1.63. The van der Waals surface area contributed by atoms with Crippen molar-refractivity contribution in [1.29, 1.82) is 0 Å². The summed E-state index contributed by atoms with van der Waals surface area (Å²) in [4.78, 5) is 16.1. The Morgan fingerprint density at radius 2 is 2.00 bits per heavy atom. The molecule has 0 aliphatic rings. The summed E-state index contributed by atoms with van der Waals surface area (Å²) in [5, 5.41) is 0. The summed E-state index contributed by atoms with van der Waals surface area (Å²) in [6, 6.07) is 0. The van der Waals surface area contributed by atoms with E-state index in [1.807, 2.05) is 0 Å². The van der Waals surface area contributed by atoms with Crippen LogP contribution >= 0.6 is 28.0 Å². The molecule has 0 aromatic rings. The summed E-state index contributed by atoms with van der Waals surface area (Å²) in [6.45, 7) is -3.79. The van der Waals surface area contributed by atoms with E-state index in [1.165, 1.54) is 0 Å². The Morgan fingerprint density at radius 3 is 2.00 bits per heavy atom. The summed E-state index contributed by atoms with van der Waals surface area (Å²) in [6.07, 6.45) is 1.61. The lowest BCUT2D eigenvalue weighted by Gasteiger charge is -1.94. The topological polar surface area (TPSA) is 57.5 Å². The normalized spacial score (nSPS) is 11.9. The van der Waals surface area contributed by atoms with E-state index in [2.05, 4.69) is 0 Å². The highest BCUT2D eigenvalue weighted by atomic mass is 33.3. The van der Waals surface area contributed by atoms with Crippen LogP contribution in [-0.4, -0.2) is 16.0 Å². The fourth-order valence-corrected chi connectivity index (χ4v) is 2.62. The van der Waals surface area contributed by atoms with E-state index in [9.17, 15) is 4.57 Å².